The van der Waals surface area contributed by atoms with Gasteiger partial charge in [0.15, 0.2) is 6.10 Å². The zero-order chi connectivity index (χ0) is 41.9. The largest absolute Gasteiger partial charge is 0.472 e. The van der Waals surface area contributed by atoms with Crippen LogP contribution in [0, 0.1) is 0 Å². The lowest BCUT2D eigenvalue weighted by Crippen LogP contribution is -2.29. The number of carbonyl (C=O) groups is 2. The lowest BCUT2D eigenvalue weighted by molar-refractivity contribution is -0.161. The highest BCUT2D eigenvalue weighted by Crippen LogP contribution is 2.43. The number of carbonyl (C=O) groups excluding carboxylic acids is 2. The molecule has 0 aromatic heterocycles. The van der Waals surface area contributed by atoms with Crippen LogP contribution in [0.25, 0.3) is 0 Å². The molecule has 10 nitrogen and oxygen atoms in total. The quantitative estimate of drug-likeness (QED) is 0.0234. The molecule has 0 heterocycles. The first-order valence-electron chi connectivity index (χ1n) is 23.3. The summed E-state index contributed by atoms with van der Waals surface area (Å²) >= 11 is 0. The molecule has 0 aliphatic heterocycles. The van der Waals surface area contributed by atoms with Crippen molar-refractivity contribution in [3.8, 4) is 0 Å². The Labute approximate surface area is 348 Å². The molecule has 3 N–H and O–H groups in total. The van der Waals surface area contributed by atoms with Gasteiger partial charge >= 0.3 is 19.8 Å². The molecule has 0 amide bonds. The van der Waals surface area contributed by atoms with Crippen LogP contribution < -0.4 is 0 Å². The topological polar surface area (TPSA) is 149 Å². The number of ether oxygens (including phenoxy) is 2. The standard InChI is InChI=1S/C46H87O10P/c1-3-5-7-9-11-13-15-16-17-18-19-20-21-22-23-24-25-26-28-30-32-34-36-38-46(50)56-44(42-55-57(51,52)54-40-43(48)39-47)41-53-45(49)37-35-33-31-29-27-14-12-10-8-6-4-2/h24-25,30,32,43-44,47-48H,3-23,26-29,31,33-42H2,1-2H3,(H,51,52)/b25-24+,32-30+/t43-,44+/m0/s1. The second kappa shape index (κ2) is 42.6. The number of hydrogen-bond acceptors (Lipinski definition) is 9. The highest BCUT2D eigenvalue weighted by molar-refractivity contribution is 7.47. The van der Waals surface area contributed by atoms with Crippen molar-refractivity contribution in [2.75, 3.05) is 26.4 Å². The van der Waals surface area contributed by atoms with E-state index in [1.54, 1.807) is 0 Å². The fourth-order valence-electron chi connectivity index (χ4n) is 6.48. The number of phosphoric acid groups is 1. The molecule has 0 spiro atoms. The number of aliphatic hydroxyl groups is 2. The van der Waals surface area contributed by atoms with Crippen molar-refractivity contribution in [3.63, 3.8) is 0 Å². The lowest BCUT2D eigenvalue weighted by atomic mass is 10.0. The van der Waals surface area contributed by atoms with E-state index in [0.717, 1.165) is 38.5 Å². The van der Waals surface area contributed by atoms with E-state index in [9.17, 15) is 24.2 Å². The Hall–Kier alpha value is -1.55. The van der Waals surface area contributed by atoms with E-state index in [-0.39, 0.29) is 19.4 Å². The summed E-state index contributed by atoms with van der Waals surface area (Å²) in [6, 6.07) is 0. The Morgan fingerprint density at radius 3 is 1.37 bits per heavy atom. The van der Waals surface area contributed by atoms with Gasteiger partial charge in [-0.1, -0.05) is 186 Å². The van der Waals surface area contributed by atoms with E-state index in [4.69, 9.17) is 19.1 Å². The summed E-state index contributed by atoms with van der Waals surface area (Å²) in [7, 11) is -4.62. The monoisotopic (exact) mass is 831 g/mol. The average molecular weight is 831 g/mol. The normalized spacial score (nSPS) is 14.0. The predicted molar refractivity (Wildman–Crippen MR) is 233 cm³/mol. The van der Waals surface area contributed by atoms with Crippen molar-refractivity contribution in [1.82, 2.24) is 0 Å². The summed E-state index contributed by atoms with van der Waals surface area (Å²) in [6.45, 7) is 2.35. The fraction of sp³-hybridized carbons (Fsp3) is 0.870. The van der Waals surface area contributed by atoms with E-state index in [2.05, 4.69) is 42.7 Å². The average Bonchev–Trinajstić information content (AvgIpc) is 3.20. The molecule has 11 heteroatoms. The minimum atomic E-state index is -4.62. The Morgan fingerprint density at radius 1 is 0.509 bits per heavy atom. The van der Waals surface area contributed by atoms with Crippen LogP contribution in [-0.4, -0.2) is 65.7 Å². The molecule has 0 bridgehead atoms. The van der Waals surface area contributed by atoms with Crippen LogP contribution in [0.3, 0.4) is 0 Å². The molecule has 0 rings (SSSR count). The molecular weight excluding hydrogens is 743 g/mol. The van der Waals surface area contributed by atoms with Gasteiger partial charge in [-0.25, -0.2) is 4.57 Å². The second-order valence-corrected chi connectivity index (χ2v) is 17.2. The van der Waals surface area contributed by atoms with Crippen LogP contribution in [0.5, 0.6) is 0 Å². The first kappa shape index (κ1) is 55.5. The lowest BCUT2D eigenvalue weighted by Gasteiger charge is -2.20. The zero-order valence-corrected chi connectivity index (χ0v) is 37.5. The molecular formula is C46H87O10P. The molecule has 0 aliphatic carbocycles. The summed E-state index contributed by atoms with van der Waals surface area (Å²) in [6.07, 6.45) is 43.1. The van der Waals surface area contributed by atoms with Gasteiger partial charge in [-0.2, -0.15) is 0 Å². The maximum Gasteiger partial charge on any atom is 0.472 e. The van der Waals surface area contributed by atoms with Gasteiger partial charge in [0.1, 0.15) is 12.7 Å². The molecule has 0 aromatic rings. The van der Waals surface area contributed by atoms with Gasteiger partial charge in [0.25, 0.3) is 0 Å². The number of unbranched alkanes of at least 4 members (excludes halogenated alkanes) is 26. The van der Waals surface area contributed by atoms with Gasteiger partial charge in [-0.05, 0) is 44.9 Å². The molecule has 0 fully saturated rings. The van der Waals surface area contributed by atoms with Crippen molar-refractivity contribution in [2.45, 2.75) is 232 Å². The van der Waals surface area contributed by atoms with Crippen LogP contribution in [0.4, 0.5) is 0 Å². The van der Waals surface area contributed by atoms with Crippen molar-refractivity contribution in [3.05, 3.63) is 24.3 Å². The van der Waals surface area contributed by atoms with E-state index < -0.39 is 51.8 Å². The molecule has 0 saturated heterocycles. The third-order valence-corrected chi connectivity index (χ3v) is 11.0. The smallest absolute Gasteiger partial charge is 0.462 e. The van der Waals surface area contributed by atoms with Crippen LogP contribution in [0.1, 0.15) is 219 Å². The van der Waals surface area contributed by atoms with Gasteiger partial charge in [0, 0.05) is 12.8 Å². The maximum absolute atomic E-state index is 12.6. The number of phosphoric ester groups is 1. The van der Waals surface area contributed by atoms with Gasteiger partial charge < -0.3 is 24.6 Å². The van der Waals surface area contributed by atoms with Gasteiger partial charge in [-0.15, -0.1) is 0 Å². The van der Waals surface area contributed by atoms with Crippen LogP contribution in [0.2, 0.25) is 0 Å². The van der Waals surface area contributed by atoms with E-state index in [1.807, 2.05) is 0 Å². The van der Waals surface area contributed by atoms with E-state index >= 15 is 0 Å². The highest BCUT2D eigenvalue weighted by Gasteiger charge is 2.27. The number of rotatable bonds is 44. The third-order valence-electron chi connectivity index (χ3n) is 10.1. The number of allylic oxidation sites excluding steroid dienone is 4. The van der Waals surface area contributed by atoms with Gasteiger partial charge in [-0.3, -0.25) is 18.6 Å². The van der Waals surface area contributed by atoms with E-state index in [1.165, 1.54) is 135 Å². The summed E-state index contributed by atoms with van der Waals surface area (Å²) in [5, 5.41) is 18.3. The van der Waals surface area contributed by atoms with Gasteiger partial charge in [0.2, 0.25) is 0 Å². The Morgan fingerprint density at radius 2 is 0.895 bits per heavy atom. The Balaban J connectivity index is 4.22. The molecule has 0 saturated carbocycles. The fourth-order valence-corrected chi connectivity index (χ4v) is 7.27. The van der Waals surface area contributed by atoms with Crippen molar-refractivity contribution < 1.29 is 47.8 Å². The van der Waals surface area contributed by atoms with Gasteiger partial charge in [0.05, 0.1) is 19.8 Å². The number of hydrogen-bond donors (Lipinski definition) is 3. The molecule has 336 valence electrons. The first-order valence-corrected chi connectivity index (χ1v) is 24.8. The van der Waals surface area contributed by atoms with E-state index in [0.29, 0.717) is 19.3 Å². The zero-order valence-electron chi connectivity index (χ0n) is 36.6. The first-order chi connectivity index (χ1) is 27.7. The van der Waals surface area contributed by atoms with Crippen molar-refractivity contribution in [1.29, 1.82) is 0 Å². The number of esters is 2. The Kier molecular flexibility index (Phi) is 41.4. The molecule has 0 aliphatic rings. The molecule has 0 radical (unpaired) electrons. The molecule has 3 atom stereocenters. The highest BCUT2D eigenvalue weighted by atomic mass is 31.2. The third kappa shape index (κ3) is 42.4. The minimum absolute atomic E-state index is 0.128. The SMILES string of the molecule is CCCCCCCCCCCCCCCC/C=C/CC/C=C/CCCC(=O)O[C@H](COC(=O)CCCCCCCCCCCCC)COP(=O)(O)OC[C@@H](O)CO. The van der Waals surface area contributed by atoms with Crippen molar-refractivity contribution >= 4 is 19.8 Å². The number of aliphatic hydroxyl groups excluding tert-OH is 2. The summed E-state index contributed by atoms with van der Waals surface area (Å²) in [4.78, 5) is 34.9. The summed E-state index contributed by atoms with van der Waals surface area (Å²) in [5.41, 5.74) is 0. The summed E-state index contributed by atoms with van der Waals surface area (Å²) < 4.78 is 32.7. The Bertz CT molecular complexity index is 1000. The van der Waals surface area contributed by atoms with Crippen LogP contribution >= 0.6 is 7.82 Å². The summed E-state index contributed by atoms with van der Waals surface area (Å²) in [5.74, 6) is -0.967. The molecule has 0 aromatic carbocycles. The minimum Gasteiger partial charge on any atom is -0.462 e. The van der Waals surface area contributed by atoms with Crippen molar-refractivity contribution in [2.24, 2.45) is 0 Å². The maximum atomic E-state index is 12.6. The predicted octanol–water partition coefficient (Wildman–Crippen LogP) is 12.6. The molecule has 1 unspecified atom stereocenters. The molecule has 57 heavy (non-hydrogen) atoms. The second-order valence-electron chi connectivity index (χ2n) is 15.8. The van der Waals surface area contributed by atoms with Crippen LogP contribution in [-0.2, 0) is 32.7 Å². The van der Waals surface area contributed by atoms with Crippen LogP contribution in [0.15, 0.2) is 24.3 Å².